The summed E-state index contributed by atoms with van der Waals surface area (Å²) in [6, 6.07) is 8.71. The summed E-state index contributed by atoms with van der Waals surface area (Å²) in [4.78, 5) is 2.18. The molecule has 1 aromatic heterocycles. The first-order valence-electron chi connectivity index (χ1n) is 5.53. The van der Waals surface area contributed by atoms with Crippen molar-refractivity contribution in [1.29, 1.82) is 0 Å². The van der Waals surface area contributed by atoms with Crippen molar-refractivity contribution < 1.29 is 4.39 Å². The molecule has 2 rings (SSSR count). The fraction of sp³-hybridized carbons (Fsp3) is 0.286. The first-order valence-corrected chi connectivity index (χ1v) is 6.35. The van der Waals surface area contributed by atoms with Crippen molar-refractivity contribution in [3.05, 3.63) is 41.0 Å². The van der Waals surface area contributed by atoms with Crippen LogP contribution in [0.25, 0.3) is 10.4 Å². The Bertz CT molecular complexity index is 537. The highest BCUT2D eigenvalue weighted by molar-refractivity contribution is 7.15. The molecule has 0 bridgehead atoms. The van der Waals surface area contributed by atoms with Gasteiger partial charge in [0.1, 0.15) is 5.82 Å². The topological polar surface area (TPSA) is 26.0 Å². The third-order valence-electron chi connectivity index (χ3n) is 2.60. The average molecular weight is 249 g/mol. The Morgan fingerprint density at radius 2 is 1.82 bits per heavy atom. The summed E-state index contributed by atoms with van der Waals surface area (Å²) in [5, 5.41) is 0. The molecule has 3 heteroatoms. The minimum Gasteiger partial charge on any atom is -0.399 e. The van der Waals surface area contributed by atoms with Crippen LogP contribution in [0.5, 0.6) is 0 Å². The van der Waals surface area contributed by atoms with E-state index < -0.39 is 0 Å². The summed E-state index contributed by atoms with van der Waals surface area (Å²) in [7, 11) is 0. The average Bonchev–Trinajstić information content (AvgIpc) is 2.70. The number of benzene rings is 1. The maximum absolute atomic E-state index is 13.7. The predicted molar refractivity (Wildman–Crippen MR) is 72.8 cm³/mol. The maximum atomic E-state index is 13.7. The van der Waals surface area contributed by atoms with E-state index in [0.29, 0.717) is 11.3 Å². The Hall–Kier alpha value is -1.35. The summed E-state index contributed by atoms with van der Waals surface area (Å²) < 4.78 is 13.7. The predicted octanol–water partition coefficient (Wildman–Crippen LogP) is 4.43. The van der Waals surface area contributed by atoms with Crippen molar-refractivity contribution in [2.75, 3.05) is 5.73 Å². The molecule has 2 aromatic rings. The van der Waals surface area contributed by atoms with Gasteiger partial charge in [-0.2, -0.15) is 0 Å². The summed E-state index contributed by atoms with van der Waals surface area (Å²) >= 11 is 1.62. The maximum Gasteiger partial charge on any atom is 0.131 e. The van der Waals surface area contributed by atoms with Crippen molar-refractivity contribution in [2.24, 2.45) is 0 Å². The lowest BCUT2D eigenvalue weighted by Crippen LogP contribution is -2.07. The van der Waals surface area contributed by atoms with Crippen LogP contribution in [0.1, 0.15) is 25.6 Å². The molecule has 2 N–H and O–H groups in total. The summed E-state index contributed by atoms with van der Waals surface area (Å²) in [6.07, 6.45) is 0. The Morgan fingerprint density at radius 3 is 2.41 bits per heavy atom. The van der Waals surface area contributed by atoms with Gasteiger partial charge in [0.05, 0.1) is 0 Å². The largest absolute Gasteiger partial charge is 0.399 e. The third-order valence-corrected chi connectivity index (χ3v) is 4.15. The smallest absolute Gasteiger partial charge is 0.131 e. The lowest BCUT2D eigenvalue weighted by Gasteiger charge is -2.15. The molecule has 0 unspecified atom stereocenters. The molecular weight excluding hydrogens is 233 g/mol. The molecule has 0 aliphatic heterocycles. The van der Waals surface area contributed by atoms with Crippen LogP contribution >= 0.6 is 11.3 Å². The second-order valence-electron chi connectivity index (χ2n) is 5.15. The molecule has 1 nitrogen and oxygen atoms in total. The Morgan fingerprint density at radius 1 is 1.12 bits per heavy atom. The van der Waals surface area contributed by atoms with E-state index in [1.165, 1.54) is 10.9 Å². The Kier molecular flexibility index (Phi) is 2.96. The highest BCUT2D eigenvalue weighted by Gasteiger charge is 2.17. The van der Waals surface area contributed by atoms with E-state index in [9.17, 15) is 4.39 Å². The lowest BCUT2D eigenvalue weighted by molar-refractivity contribution is 0.604. The molecule has 0 radical (unpaired) electrons. The highest BCUT2D eigenvalue weighted by atomic mass is 32.1. The lowest BCUT2D eigenvalue weighted by atomic mass is 9.95. The van der Waals surface area contributed by atoms with E-state index in [1.54, 1.807) is 23.5 Å². The molecular formula is C14H16FNS. The highest BCUT2D eigenvalue weighted by Crippen LogP contribution is 2.36. The molecule has 0 saturated heterocycles. The minimum atomic E-state index is -0.221. The monoisotopic (exact) mass is 249 g/mol. The van der Waals surface area contributed by atoms with Crippen LogP contribution in [0.15, 0.2) is 30.3 Å². The zero-order chi connectivity index (χ0) is 12.6. The van der Waals surface area contributed by atoms with Crippen LogP contribution in [0, 0.1) is 5.82 Å². The number of anilines is 1. The van der Waals surface area contributed by atoms with E-state index in [0.717, 1.165) is 4.88 Å². The number of halogens is 1. The van der Waals surface area contributed by atoms with Crippen LogP contribution in [0.4, 0.5) is 10.1 Å². The van der Waals surface area contributed by atoms with Gasteiger partial charge < -0.3 is 5.73 Å². The van der Waals surface area contributed by atoms with Gasteiger partial charge in [-0.25, -0.2) is 4.39 Å². The third kappa shape index (κ3) is 2.50. The number of nitrogen functional groups attached to an aromatic ring is 1. The number of hydrogen-bond acceptors (Lipinski definition) is 2. The second-order valence-corrected chi connectivity index (χ2v) is 6.24. The van der Waals surface area contributed by atoms with Crippen LogP contribution < -0.4 is 5.73 Å². The van der Waals surface area contributed by atoms with Gasteiger partial charge in [-0.15, -0.1) is 11.3 Å². The van der Waals surface area contributed by atoms with Gasteiger partial charge in [-0.3, -0.25) is 0 Å². The molecule has 1 heterocycles. The standard InChI is InChI=1S/C14H16FNS/c1-14(2,3)13-7-6-12(17-13)10-8-9(16)4-5-11(10)15/h4-8H,16H2,1-3H3. The zero-order valence-corrected chi connectivity index (χ0v) is 11.1. The molecule has 1 aromatic carbocycles. The first kappa shape index (κ1) is 12.1. The minimum absolute atomic E-state index is 0.0969. The van der Waals surface area contributed by atoms with Crippen LogP contribution in [-0.4, -0.2) is 0 Å². The van der Waals surface area contributed by atoms with E-state index in [1.807, 2.05) is 6.07 Å². The van der Waals surface area contributed by atoms with Crippen molar-refractivity contribution in [2.45, 2.75) is 26.2 Å². The number of rotatable bonds is 1. The van der Waals surface area contributed by atoms with Crippen molar-refractivity contribution in [1.82, 2.24) is 0 Å². The Labute approximate surface area is 105 Å². The van der Waals surface area contributed by atoms with Crippen LogP contribution in [-0.2, 0) is 5.41 Å². The van der Waals surface area contributed by atoms with E-state index >= 15 is 0 Å². The quantitative estimate of drug-likeness (QED) is 0.743. The molecule has 0 atom stereocenters. The molecule has 0 amide bonds. The van der Waals surface area contributed by atoms with Gasteiger partial charge in [0.15, 0.2) is 0 Å². The van der Waals surface area contributed by atoms with Gasteiger partial charge in [0.25, 0.3) is 0 Å². The van der Waals surface area contributed by atoms with Crippen molar-refractivity contribution >= 4 is 17.0 Å². The molecule has 0 spiro atoms. The van der Waals surface area contributed by atoms with Gasteiger partial charge in [0, 0.05) is 21.0 Å². The molecule has 17 heavy (non-hydrogen) atoms. The van der Waals surface area contributed by atoms with E-state index in [4.69, 9.17) is 5.73 Å². The molecule has 0 fully saturated rings. The SMILES string of the molecule is CC(C)(C)c1ccc(-c2cc(N)ccc2F)s1. The van der Waals surface area contributed by atoms with Gasteiger partial charge >= 0.3 is 0 Å². The molecule has 90 valence electrons. The Balaban J connectivity index is 2.47. The van der Waals surface area contributed by atoms with Crippen molar-refractivity contribution in [3.8, 4) is 10.4 Å². The number of thiophene rings is 1. The normalized spacial score (nSPS) is 11.8. The first-order chi connectivity index (χ1) is 7.88. The second kappa shape index (κ2) is 4.15. The van der Waals surface area contributed by atoms with Crippen LogP contribution in [0.2, 0.25) is 0 Å². The van der Waals surface area contributed by atoms with E-state index in [2.05, 4.69) is 26.8 Å². The molecule has 0 aliphatic rings. The van der Waals surface area contributed by atoms with Gasteiger partial charge in [-0.1, -0.05) is 20.8 Å². The molecule has 0 aliphatic carbocycles. The number of hydrogen-bond donors (Lipinski definition) is 1. The fourth-order valence-corrected chi connectivity index (χ4v) is 2.70. The van der Waals surface area contributed by atoms with Gasteiger partial charge in [-0.05, 0) is 35.7 Å². The summed E-state index contributed by atoms with van der Waals surface area (Å²) in [5.74, 6) is -0.221. The number of nitrogens with two attached hydrogens (primary N) is 1. The summed E-state index contributed by atoms with van der Waals surface area (Å²) in [6.45, 7) is 6.45. The van der Waals surface area contributed by atoms with Crippen molar-refractivity contribution in [3.63, 3.8) is 0 Å². The zero-order valence-electron chi connectivity index (χ0n) is 10.3. The van der Waals surface area contributed by atoms with Crippen LogP contribution in [0.3, 0.4) is 0 Å². The fourth-order valence-electron chi connectivity index (χ4n) is 1.62. The summed E-state index contributed by atoms with van der Waals surface area (Å²) in [5.41, 5.74) is 6.97. The van der Waals surface area contributed by atoms with Gasteiger partial charge in [0.2, 0.25) is 0 Å². The van der Waals surface area contributed by atoms with E-state index in [-0.39, 0.29) is 11.2 Å². The molecule has 0 saturated carbocycles.